The van der Waals surface area contributed by atoms with Gasteiger partial charge in [0.2, 0.25) is 0 Å². The van der Waals surface area contributed by atoms with Crippen molar-refractivity contribution in [3.05, 3.63) is 33.7 Å². The fourth-order valence-electron chi connectivity index (χ4n) is 1.96. The molecule has 7 nitrogen and oxygen atoms in total. The molecule has 0 aromatic carbocycles. The first-order valence-corrected chi connectivity index (χ1v) is 7.45. The van der Waals surface area contributed by atoms with Crippen LogP contribution in [0.1, 0.15) is 11.4 Å². The van der Waals surface area contributed by atoms with Gasteiger partial charge in [-0.25, -0.2) is 0 Å². The summed E-state index contributed by atoms with van der Waals surface area (Å²) in [7, 11) is 0. The van der Waals surface area contributed by atoms with Gasteiger partial charge in [0.05, 0.1) is 66.1 Å². The largest absolute Gasteiger partial charge is 0.377 e. The molecule has 2 heterocycles. The van der Waals surface area contributed by atoms with Gasteiger partial charge in [0.15, 0.2) is 5.43 Å². The summed E-state index contributed by atoms with van der Waals surface area (Å²) >= 11 is 0. The van der Waals surface area contributed by atoms with E-state index in [0.29, 0.717) is 66.1 Å². The van der Waals surface area contributed by atoms with Crippen LogP contribution in [0.4, 0.5) is 0 Å². The highest BCUT2D eigenvalue weighted by Crippen LogP contribution is 2.00. The molecule has 1 N–H and O–H groups in total. The number of rotatable bonds is 0. The maximum absolute atomic E-state index is 11.6. The van der Waals surface area contributed by atoms with Gasteiger partial charge in [0.1, 0.15) is 0 Å². The van der Waals surface area contributed by atoms with E-state index in [1.165, 1.54) is 12.1 Å². The van der Waals surface area contributed by atoms with Crippen LogP contribution >= 0.6 is 0 Å². The van der Waals surface area contributed by atoms with E-state index in [1.807, 2.05) is 0 Å². The van der Waals surface area contributed by atoms with Gasteiger partial charge < -0.3 is 28.7 Å². The summed E-state index contributed by atoms with van der Waals surface area (Å²) in [5, 5.41) is 0. The van der Waals surface area contributed by atoms with Crippen LogP contribution < -0.4 is 5.43 Å². The molecule has 1 aromatic rings. The Morgan fingerprint density at radius 2 is 1.00 bits per heavy atom. The summed E-state index contributed by atoms with van der Waals surface area (Å²) in [4.78, 5) is 14.8. The van der Waals surface area contributed by atoms with E-state index >= 15 is 0 Å². The van der Waals surface area contributed by atoms with Gasteiger partial charge in [-0.2, -0.15) is 0 Å². The first kappa shape index (κ1) is 17.1. The zero-order chi connectivity index (χ0) is 15.5. The van der Waals surface area contributed by atoms with Crippen molar-refractivity contribution in [2.75, 3.05) is 52.9 Å². The van der Waals surface area contributed by atoms with Gasteiger partial charge >= 0.3 is 0 Å². The Morgan fingerprint density at radius 3 is 1.41 bits per heavy atom. The van der Waals surface area contributed by atoms with Crippen LogP contribution in [0.5, 0.6) is 0 Å². The third-order valence-corrected chi connectivity index (χ3v) is 2.96. The molecule has 0 spiro atoms. The van der Waals surface area contributed by atoms with Crippen molar-refractivity contribution in [2.45, 2.75) is 13.2 Å². The first-order valence-electron chi connectivity index (χ1n) is 7.45. The summed E-state index contributed by atoms with van der Waals surface area (Å²) in [6.45, 7) is 4.72. The van der Waals surface area contributed by atoms with Crippen LogP contribution in [0.25, 0.3) is 0 Å². The minimum atomic E-state index is -0.0602. The molecule has 0 saturated carbocycles. The number of hydrogen-bond acceptors (Lipinski definition) is 6. The topological polar surface area (TPSA) is 79.0 Å². The SMILES string of the molecule is O=c1cc2[nH]c(c1)COCCOCCOCCOCCOC2. The standard InChI is InChI=1S/C15H23NO6/c17-15-9-13-11-21-7-5-19-3-1-18-2-4-20-6-8-22-12-14(10-15)16-13/h9-10H,1-8,11-12H2,(H,16,17). The summed E-state index contributed by atoms with van der Waals surface area (Å²) < 4.78 is 27.1. The fourth-order valence-corrected chi connectivity index (χ4v) is 1.96. The van der Waals surface area contributed by atoms with Crippen molar-refractivity contribution in [3.8, 4) is 0 Å². The molecule has 0 aliphatic carbocycles. The molecule has 7 heteroatoms. The zero-order valence-corrected chi connectivity index (χ0v) is 12.7. The number of pyridine rings is 1. The van der Waals surface area contributed by atoms with Crippen molar-refractivity contribution in [1.82, 2.24) is 4.98 Å². The van der Waals surface area contributed by atoms with Gasteiger partial charge in [-0.05, 0) is 0 Å². The van der Waals surface area contributed by atoms with E-state index in [-0.39, 0.29) is 5.43 Å². The van der Waals surface area contributed by atoms with E-state index < -0.39 is 0 Å². The van der Waals surface area contributed by atoms with Crippen LogP contribution in [0.15, 0.2) is 16.9 Å². The summed E-state index contributed by atoms with van der Waals surface area (Å²) in [6, 6.07) is 3.05. The van der Waals surface area contributed by atoms with Crippen LogP contribution in [0.3, 0.4) is 0 Å². The Hall–Kier alpha value is -1.25. The third-order valence-electron chi connectivity index (χ3n) is 2.96. The molecule has 0 radical (unpaired) electrons. The molecule has 124 valence electrons. The number of fused-ring (bicyclic) bond motifs is 2. The van der Waals surface area contributed by atoms with Gasteiger partial charge in [-0.3, -0.25) is 4.79 Å². The Balaban J connectivity index is 1.86. The molecule has 1 aromatic heterocycles. The monoisotopic (exact) mass is 313 g/mol. The maximum Gasteiger partial charge on any atom is 0.182 e. The smallest absolute Gasteiger partial charge is 0.182 e. The maximum atomic E-state index is 11.6. The molecule has 2 rings (SSSR count). The third kappa shape index (κ3) is 7.15. The Kier molecular flexibility index (Phi) is 8.14. The highest BCUT2D eigenvalue weighted by molar-refractivity contribution is 5.10. The van der Waals surface area contributed by atoms with Crippen molar-refractivity contribution in [3.63, 3.8) is 0 Å². The molecule has 1 aliphatic rings. The molecule has 2 bridgehead atoms. The minimum absolute atomic E-state index is 0.0602. The lowest BCUT2D eigenvalue weighted by molar-refractivity contribution is -0.0152. The molecule has 0 fully saturated rings. The van der Waals surface area contributed by atoms with Gasteiger partial charge in [-0.1, -0.05) is 0 Å². The van der Waals surface area contributed by atoms with E-state index in [0.717, 1.165) is 11.4 Å². The Morgan fingerprint density at radius 1 is 0.636 bits per heavy atom. The van der Waals surface area contributed by atoms with Crippen LogP contribution in [-0.4, -0.2) is 57.8 Å². The average Bonchev–Trinajstić information content (AvgIpc) is 2.50. The summed E-state index contributed by atoms with van der Waals surface area (Å²) in [5.41, 5.74) is 1.40. The van der Waals surface area contributed by atoms with E-state index in [9.17, 15) is 4.79 Å². The summed E-state index contributed by atoms with van der Waals surface area (Å²) in [5.74, 6) is 0. The quantitative estimate of drug-likeness (QED) is 0.750. The number of ether oxygens (including phenoxy) is 5. The van der Waals surface area contributed by atoms with E-state index in [4.69, 9.17) is 23.7 Å². The summed E-state index contributed by atoms with van der Waals surface area (Å²) in [6.07, 6.45) is 0. The van der Waals surface area contributed by atoms with Crippen LogP contribution in [-0.2, 0) is 36.9 Å². The molecular formula is C15H23NO6. The molecule has 0 atom stereocenters. The number of aromatic amines is 1. The number of H-pyrrole nitrogens is 1. The number of nitrogens with one attached hydrogen (secondary N) is 1. The molecule has 0 amide bonds. The molecule has 1 aliphatic heterocycles. The van der Waals surface area contributed by atoms with Crippen molar-refractivity contribution in [2.24, 2.45) is 0 Å². The Bertz CT molecular complexity index is 438. The fraction of sp³-hybridized carbons (Fsp3) is 0.667. The van der Waals surface area contributed by atoms with Gasteiger partial charge in [-0.15, -0.1) is 0 Å². The molecule has 0 saturated heterocycles. The molecule has 0 unspecified atom stereocenters. The van der Waals surface area contributed by atoms with Gasteiger partial charge in [0, 0.05) is 23.5 Å². The number of hydrogen-bond donors (Lipinski definition) is 1. The zero-order valence-electron chi connectivity index (χ0n) is 12.7. The first-order chi connectivity index (χ1) is 10.8. The predicted octanol–water partition coefficient (Wildman–Crippen LogP) is 0.471. The van der Waals surface area contributed by atoms with E-state index in [1.54, 1.807) is 0 Å². The average molecular weight is 313 g/mol. The Labute approximate surface area is 129 Å². The highest BCUT2D eigenvalue weighted by Gasteiger charge is 2.01. The lowest BCUT2D eigenvalue weighted by atomic mass is 10.3. The van der Waals surface area contributed by atoms with Gasteiger partial charge in [0.25, 0.3) is 0 Å². The lowest BCUT2D eigenvalue weighted by Crippen LogP contribution is -2.15. The lowest BCUT2D eigenvalue weighted by Gasteiger charge is -2.10. The minimum Gasteiger partial charge on any atom is -0.377 e. The van der Waals surface area contributed by atoms with Crippen LogP contribution in [0, 0.1) is 0 Å². The highest BCUT2D eigenvalue weighted by atomic mass is 16.6. The second kappa shape index (κ2) is 10.5. The second-order valence-corrected chi connectivity index (χ2v) is 4.81. The predicted molar refractivity (Wildman–Crippen MR) is 78.8 cm³/mol. The normalized spacial score (nSPS) is 20.0. The number of aromatic nitrogens is 1. The van der Waals surface area contributed by atoms with Crippen LogP contribution in [0.2, 0.25) is 0 Å². The molecule has 22 heavy (non-hydrogen) atoms. The molecular weight excluding hydrogens is 290 g/mol. The van der Waals surface area contributed by atoms with Crippen molar-refractivity contribution < 1.29 is 23.7 Å². The van der Waals surface area contributed by atoms with Crippen molar-refractivity contribution >= 4 is 0 Å². The van der Waals surface area contributed by atoms with Crippen molar-refractivity contribution in [1.29, 1.82) is 0 Å². The van der Waals surface area contributed by atoms with E-state index in [2.05, 4.69) is 4.98 Å². The second-order valence-electron chi connectivity index (χ2n) is 4.81.